The van der Waals surface area contributed by atoms with E-state index < -0.39 is 18.5 Å². The van der Waals surface area contributed by atoms with Gasteiger partial charge in [-0.2, -0.15) is 5.26 Å². The molecule has 0 radical (unpaired) electrons. The Morgan fingerprint density at radius 2 is 1.91 bits per heavy atom. The van der Waals surface area contributed by atoms with Gasteiger partial charge in [0.05, 0.1) is 11.6 Å². The number of ether oxygens (including phenoxy) is 1. The van der Waals surface area contributed by atoms with Crippen LogP contribution >= 0.6 is 15.9 Å². The lowest BCUT2D eigenvalue weighted by molar-refractivity contribution is -0.119. The average molecular weight is 375 g/mol. The van der Waals surface area contributed by atoms with E-state index in [4.69, 9.17) is 10.00 Å². The van der Waals surface area contributed by atoms with Crippen LogP contribution in [0.4, 0.5) is 5.69 Å². The number of esters is 1. The van der Waals surface area contributed by atoms with Crippen LogP contribution in [-0.2, 0) is 9.53 Å². The second-order valence-electron chi connectivity index (χ2n) is 4.47. The van der Waals surface area contributed by atoms with Crippen LogP contribution in [0, 0.1) is 11.3 Å². The second kappa shape index (κ2) is 7.42. The fraction of sp³-hybridized carbons (Fsp3) is 0.0625. The quantitative estimate of drug-likeness (QED) is 0.801. The molecule has 2 aromatic carbocycles. The van der Waals surface area contributed by atoms with Crippen LogP contribution in [0.15, 0.2) is 46.9 Å². The summed E-state index contributed by atoms with van der Waals surface area (Å²) in [5.74, 6) is -1.57. The highest BCUT2D eigenvalue weighted by Gasteiger charge is 2.15. The first kappa shape index (κ1) is 16.5. The number of phenolic OH excluding ortho intramolecular Hbond substituents is 1. The largest absolute Gasteiger partial charge is 0.507 e. The maximum Gasteiger partial charge on any atom is 0.342 e. The van der Waals surface area contributed by atoms with E-state index in [9.17, 15) is 14.7 Å². The van der Waals surface area contributed by atoms with Crippen molar-refractivity contribution < 1.29 is 19.4 Å². The van der Waals surface area contributed by atoms with Crippen molar-refractivity contribution in [3.05, 3.63) is 58.1 Å². The van der Waals surface area contributed by atoms with Crippen molar-refractivity contribution in [3.8, 4) is 11.8 Å². The van der Waals surface area contributed by atoms with Crippen LogP contribution in [0.2, 0.25) is 0 Å². The Bertz CT molecular complexity index is 782. The number of carbonyl (C=O) groups excluding carboxylic acids is 2. The van der Waals surface area contributed by atoms with Crippen molar-refractivity contribution in [2.75, 3.05) is 11.9 Å². The van der Waals surface area contributed by atoms with E-state index in [1.54, 1.807) is 30.3 Å². The maximum absolute atomic E-state index is 11.8. The Morgan fingerprint density at radius 1 is 1.22 bits per heavy atom. The standard InChI is InChI=1S/C16H11BrN2O4/c17-11-3-6-14(20)13(7-11)16(22)23-9-15(21)19-12-4-1-10(8-18)2-5-12/h1-7,20H,9H2,(H,19,21). The first-order valence-electron chi connectivity index (χ1n) is 6.45. The smallest absolute Gasteiger partial charge is 0.342 e. The third-order valence-electron chi connectivity index (χ3n) is 2.81. The number of phenols is 1. The Balaban J connectivity index is 1.92. The Hall–Kier alpha value is -2.85. The molecule has 2 N–H and O–H groups in total. The summed E-state index contributed by atoms with van der Waals surface area (Å²) in [5, 5.41) is 20.8. The van der Waals surface area contributed by atoms with E-state index in [2.05, 4.69) is 21.2 Å². The molecule has 0 saturated carbocycles. The number of nitrogens with zero attached hydrogens (tertiary/aromatic N) is 1. The van der Waals surface area contributed by atoms with Crippen molar-refractivity contribution in [2.45, 2.75) is 0 Å². The van der Waals surface area contributed by atoms with Crippen molar-refractivity contribution in [1.29, 1.82) is 5.26 Å². The molecular weight excluding hydrogens is 364 g/mol. The highest BCUT2D eigenvalue weighted by atomic mass is 79.9. The molecule has 0 spiro atoms. The molecule has 0 heterocycles. The summed E-state index contributed by atoms with van der Waals surface area (Å²) < 4.78 is 5.46. The number of rotatable bonds is 4. The number of nitrogens with one attached hydrogen (secondary N) is 1. The number of hydrogen-bond donors (Lipinski definition) is 2. The van der Waals surface area contributed by atoms with Gasteiger partial charge >= 0.3 is 5.97 Å². The molecule has 0 fully saturated rings. The summed E-state index contributed by atoms with van der Waals surface area (Å²) >= 11 is 3.18. The van der Waals surface area contributed by atoms with Crippen molar-refractivity contribution in [3.63, 3.8) is 0 Å². The van der Waals surface area contributed by atoms with Gasteiger partial charge < -0.3 is 15.2 Å². The number of benzene rings is 2. The zero-order valence-electron chi connectivity index (χ0n) is 11.7. The van der Waals surface area contributed by atoms with Crippen LogP contribution in [0.1, 0.15) is 15.9 Å². The second-order valence-corrected chi connectivity index (χ2v) is 5.39. The molecule has 6 nitrogen and oxygen atoms in total. The normalized spacial score (nSPS) is 9.74. The molecule has 2 rings (SSSR count). The lowest BCUT2D eigenvalue weighted by Gasteiger charge is -2.08. The number of carbonyl (C=O) groups is 2. The van der Waals surface area contributed by atoms with Gasteiger partial charge in [-0.15, -0.1) is 0 Å². The zero-order chi connectivity index (χ0) is 16.8. The van der Waals surface area contributed by atoms with E-state index in [1.165, 1.54) is 12.1 Å². The molecule has 0 aliphatic heterocycles. The van der Waals surface area contributed by atoms with Gasteiger partial charge in [0.1, 0.15) is 11.3 Å². The predicted molar refractivity (Wildman–Crippen MR) is 85.9 cm³/mol. The number of nitriles is 1. The lowest BCUT2D eigenvalue weighted by Crippen LogP contribution is -2.21. The minimum Gasteiger partial charge on any atom is -0.507 e. The van der Waals surface area contributed by atoms with Gasteiger partial charge in [-0.05, 0) is 42.5 Å². The van der Waals surface area contributed by atoms with E-state index in [1.807, 2.05) is 6.07 Å². The Morgan fingerprint density at radius 3 is 2.57 bits per heavy atom. The molecular formula is C16H11BrN2O4. The molecule has 0 aromatic heterocycles. The van der Waals surface area contributed by atoms with Crippen LogP contribution in [0.3, 0.4) is 0 Å². The van der Waals surface area contributed by atoms with Crippen molar-refractivity contribution in [2.24, 2.45) is 0 Å². The third kappa shape index (κ3) is 4.56. The minimum absolute atomic E-state index is 0.0365. The highest BCUT2D eigenvalue weighted by Crippen LogP contribution is 2.22. The van der Waals surface area contributed by atoms with Crippen LogP contribution in [0.25, 0.3) is 0 Å². The molecule has 116 valence electrons. The molecule has 2 aromatic rings. The summed E-state index contributed by atoms with van der Waals surface area (Å²) in [6.45, 7) is -0.495. The summed E-state index contributed by atoms with van der Waals surface area (Å²) in [4.78, 5) is 23.6. The maximum atomic E-state index is 11.8. The summed E-state index contributed by atoms with van der Waals surface area (Å²) in [5.41, 5.74) is 0.917. The van der Waals surface area contributed by atoms with Gasteiger partial charge in [0, 0.05) is 10.2 Å². The van der Waals surface area contributed by atoms with E-state index in [0.29, 0.717) is 15.7 Å². The van der Waals surface area contributed by atoms with Gasteiger partial charge in [0.15, 0.2) is 6.61 Å². The van der Waals surface area contributed by atoms with Crippen LogP contribution in [0.5, 0.6) is 5.75 Å². The van der Waals surface area contributed by atoms with Gasteiger partial charge in [-0.1, -0.05) is 15.9 Å². The molecule has 0 aliphatic rings. The SMILES string of the molecule is N#Cc1ccc(NC(=O)COC(=O)c2cc(Br)ccc2O)cc1. The summed E-state index contributed by atoms with van der Waals surface area (Å²) in [6.07, 6.45) is 0. The van der Waals surface area contributed by atoms with Gasteiger partial charge in [-0.25, -0.2) is 4.79 Å². The molecule has 0 aliphatic carbocycles. The van der Waals surface area contributed by atoms with Gasteiger partial charge in [0.2, 0.25) is 0 Å². The summed E-state index contributed by atoms with van der Waals surface area (Å²) in [6, 6.07) is 12.5. The number of amides is 1. The molecule has 0 bridgehead atoms. The van der Waals surface area contributed by atoms with Gasteiger partial charge in [-0.3, -0.25) is 4.79 Å². The van der Waals surface area contributed by atoms with Crippen molar-refractivity contribution >= 4 is 33.5 Å². The first-order valence-corrected chi connectivity index (χ1v) is 7.24. The summed E-state index contributed by atoms with van der Waals surface area (Å²) in [7, 11) is 0. The topological polar surface area (TPSA) is 99.4 Å². The Kier molecular flexibility index (Phi) is 5.33. The number of aromatic hydroxyl groups is 1. The zero-order valence-corrected chi connectivity index (χ0v) is 13.3. The van der Waals surface area contributed by atoms with E-state index in [0.717, 1.165) is 0 Å². The third-order valence-corrected chi connectivity index (χ3v) is 3.30. The van der Waals surface area contributed by atoms with E-state index >= 15 is 0 Å². The molecule has 0 atom stereocenters. The highest BCUT2D eigenvalue weighted by molar-refractivity contribution is 9.10. The number of hydrogen-bond acceptors (Lipinski definition) is 5. The van der Waals surface area contributed by atoms with Crippen molar-refractivity contribution in [1.82, 2.24) is 0 Å². The molecule has 23 heavy (non-hydrogen) atoms. The van der Waals surface area contributed by atoms with E-state index in [-0.39, 0.29) is 11.3 Å². The molecule has 1 amide bonds. The number of anilines is 1. The minimum atomic E-state index is -0.807. The molecule has 7 heteroatoms. The monoisotopic (exact) mass is 374 g/mol. The predicted octanol–water partition coefficient (Wildman–Crippen LogP) is 2.82. The number of halogens is 1. The first-order chi connectivity index (χ1) is 11.0. The fourth-order valence-electron chi connectivity index (χ4n) is 1.71. The Labute approximate surface area is 140 Å². The molecule has 0 unspecified atom stereocenters. The fourth-order valence-corrected chi connectivity index (χ4v) is 2.07. The average Bonchev–Trinajstić information content (AvgIpc) is 2.55. The van der Waals surface area contributed by atoms with Crippen LogP contribution < -0.4 is 5.32 Å². The molecule has 0 saturated heterocycles. The van der Waals surface area contributed by atoms with Crippen LogP contribution in [-0.4, -0.2) is 23.6 Å². The lowest BCUT2D eigenvalue weighted by atomic mass is 10.2. The van der Waals surface area contributed by atoms with Gasteiger partial charge in [0.25, 0.3) is 5.91 Å².